The molecule has 0 radical (unpaired) electrons. The maximum atomic E-state index is 12.4. The van der Waals surface area contributed by atoms with Gasteiger partial charge in [0.2, 0.25) is 5.55 Å². The molecule has 4 heteroatoms. The highest BCUT2D eigenvalue weighted by molar-refractivity contribution is 6.01. The number of nitrogens with zero attached hydrogens (tertiary/aromatic N) is 1. The zero-order valence-corrected chi connectivity index (χ0v) is 14.0. The van der Waals surface area contributed by atoms with Crippen LogP contribution in [0.4, 0.5) is 5.69 Å². The fourth-order valence-electron chi connectivity index (χ4n) is 2.47. The number of carbonyl (C=O) groups excluding carboxylic acids is 1. The summed E-state index contributed by atoms with van der Waals surface area (Å²) in [6.07, 6.45) is 0. The fraction of sp³-hybridized carbons (Fsp3) is 0.444. The van der Waals surface area contributed by atoms with Crippen LogP contribution in [0.3, 0.4) is 0 Å². The Balaban J connectivity index is 2.56. The Hall–Kier alpha value is -2.10. The number of anilines is 1. The van der Waals surface area contributed by atoms with Crippen LogP contribution in [0.15, 0.2) is 28.7 Å². The zero-order chi connectivity index (χ0) is 16.5. The summed E-state index contributed by atoms with van der Waals surface area (Å²) in [6.45, 7) is 11.6. The number of benzene rings is 1. The Morgan fingerprint density at radius 3 is 2.36 bits per heavy atom. The number of fused-ring (bicyclic) bond motifs is 1. The average Bonchev–Trinajstić information content (AvgIpc) is 2.46. The molecule has 0 aliphatic rings. The summed E-state index contributed by atoms with van der Waals surface area (Å²) < 4.78 is 5.61. The minimum atomic E-state index is -0.528. The van der Waals surface area contributed by atoms with Gasteiger partial charge in [-0.05, 0) is 32.0 Å². The van der Waals surface area contributed by atoms with Crippen molar-refractivity contribution in [1.82, 2.24) is 0 Å². The number of hydrogen-bond donors (Lipinski definition) is 1. The van der Waals surface area contributed by atoms with Gasteiger partial charge >= 0.3 is 0 Å². The molecule has 1 N–H and O–H groups in total. The molecule has 0 spiro atoms. The number of carbonyl (C=O) groups is 1. The van der Waals surface area contributed by atoms with Gasteiger partial charge in [-0.1, -0.05) is 20.8 Å². The smallest absolute Gasteiger partial charge is 0.222 e. The summed E-state index contributed by atoms with van der Waals surface area (Å²) in [5.41, 5.74) is 1.45. The first-order valence-electron chi connectivity index (χ1n) is 7.70. The summed E-state index contributed by atoms with van der Waals surface area (Å²) in [5.74, 6) is -0.0732. The van der Waals surface area contributed by atoms with Crippen molar-refractivity contribution in [2.24, 2.45) is 5.41 Å². The van der Waals surface area contributed by atoms with Crippen molar-refractivity contribution >= 4 is 22.4 Å². The summed E-state index contributed by atoms with van der Waals surface area (Å²) in [6, 6.07) is 7.68. The lowest BCUT2D eigenvalue weighted by Crippen LogP contribution is -2.26. The van der Waals surface area contributed by atoms with E-state index in [-0.39, 0.29) is 11.3 Å². The topological polar surface area (TPSA) is 57.3 Å². The molecule has 1 heterocycles. The van der Waals surface area contributed by atoms with Crippen molar-refractivity contribution in [2.45, 2.75) is 34.6 Å². The molecule has 0 saturated carbocycles. The van der Waals surface area contributed by atoms with Crippen LogP contribution in [0, 0.1) is 10.8 Å². The lowest BCUT2D eigenvalue weighted by molar-refractivity contribution is 0.0853. The molecule has 0 saturated heterocycles. The highest BCUT2D eigenvalue weighted by atomic mass is 16.3. The SMILES string of the molecule is CCN(CC)c1ccc2cc(C(=O)C(C)(C)C)c(=N)oc2c1. The highest BCUT2D eigenvalue weighted by Crippen LogP contribution is 2.24. The number of ketones is 1. The molecule has 0 amide bonds. The van der Waals surface area contributed by atoms with Gasteiger partial charge in [0.15, 0.2) is 5.78 Å². The minimum absolute atomic E-state index is 0.0656. The van der Waals surface area contributed by atoms with Gasteiger partial charge in [-0.15, -0.1) is 0 Å². The minimum Gasteiger partial charge on any atom is -0.438 e. The summed E-state index contributed by atoms with van der Waals surface area (Å²) in [4.78, 5) is 14.6. The highest BCUT2D eigenvalue weighted by Gasteiger charge is 2.25. The molecule has 4 nitrogen and oxygen atoms in total. The van der Waals surface area contributed by atoms with E-state index in [0.29, 0.717) is 11.1 Å². The van der Waals surface area contributed by atoms with E-state index in [0.717, 1.165) is 24.2 Å². The van der Waals surface area contributed by atoms with E-state index >= 15 is 0 Å². The van der Waals surface area contributed by atoms with E-state index in [9.17, 15) is 4.79 Å². The first-order valence-corrected chi connectivity index (χ1v) is 7.70. The van der Waals surface area contributed by atoms with Crippen molar-refractivity contribution in [3.05, 3.63) is 35.4 Å². The molecule has 2 rings (SSSR count). The second kappa shape index (κ2) is 5.95. The second-order valence-electron chi connectivity index (χ2n) is 6.46. The fourth-order valence-corrected chi connectivity index (χ4v) is 2.47. The molecular weight excluding hydrogens is 276 g/mol. The third-order valence-electron chi connectivity index (χ3n) is 3.81. The van der Waals surface area contributed by atoms with E-state index in [4.69, 9.17) is 9.83 Å². The van der Waals surface area contributed by atoms with E-state index in [1.807, 2.05) is 39.0 Å². The van der Waals surface area contributed by atoms with Gasteiger partial charge in [-0.3, -0.25) is 10.2 Å². The summed E-state index contributed by atoms with van der Waals surface area (Å²) in [7, 11) is 0. The van der Waals surface area contributed by atoms with Gasteiger partial charge in [0.05, 0.1) is 5.56 Å². The van der Waals surface area contributed by atoms with E-state index in [1.54, 1.807) is 6.07 Å². The van der Waals surface area contributed by atoms with Crippen molar-refractivity contribution < 1.29 is 9.21 Å². The quantitative estimate of drug-likeness (QED) is 0.869. The average molecular weight is 300 g/mol. The Morgan fingerprint density at radius 2 is 1.82 bits per heavy atom. The van der Waals surface area contributed by atoms with Crippen molar-refractivity contribution in [3.8, 4) is 0 Å². The van der Waals surface area contributed by atoms with Crippen LogP contribution in [-0.2, 0) is 0 Å². The molecular formula is C18H24N2O2. The molecule has 118 valence electrons. The first-order chi connectivity index (χ1) is 10.3. The molecule has 0 aliphatic heterocycles. The van der Waals surface area contributed by atoms with Gasteiger partial charge in [0.25, 0.3) is 0 Å². The van der Waals surface area contributed by atoms with Gasteiger partial charge in [-0.25, -0.2) is 0 Å². The lowest BCUT2D eigenvalue weighted by Gasteiger charge is -2.21. The van der Waals surface area contributed by atoms with Crippen LogP contribution in [0.5, 0.6) is 0 Å². The van der Waals surface area contributed by atoms with E-state index in [2.05, 4.69) is 18.7 Å². The number of rotatable bonds is 4. The largest absolute Gasteiger partial charge is 0.438 e. The van der Waals surface area contributed by atoms with Crippen LogP contribution in [0.2, 0.25) is 0 Å². The molecule has 1 aromatic carbocycles. The Kier molecular flexibility index (Phi) is 4.40. The predicted molar refractivity (Wildman–Crippen MR) is 89.4 cm³/mol. The number of hydrogen-bond acceptors (Lipinski definition) is 4. The van der Waals surface area contributed by atoms with Gasteiger partial charge in [0.1, 0.15) is 5.58 Å². The molecule has 2 aromatic rings. The molecule has 0 bridgehead atoms. The van der Waals surface area contributed by atoms with Gasteiger partial charge in [-0.2, -0.15) is 0 Å². The third-order valence-corrected chi connectivity index (χ3v) is 3.81. The van der Waals surface area contributed by atoms with E-state index in [1.165, 1.54) is 0 Å². The Morgan fingerprint density at radius 1 is 1.18 bits per heavy atom. The van der Waals surface area contributed by atoms with E-state index < -0.39 is 5.41 Å². The third kappa shape index (κ3) is 3.06. The van der Waals surface area contributed by atoms with Crippen molar-refractivity contribution in [3.63, 3.8) is 0 Å². The molecule has 22 heavy (non-hydrogen) atoms. The maximum Gasteiger partial charge on any atom is 0.222 e. The van der Waals surface area contributed by atoms with Gasteiger partial charge < -0.3 is 9.32 Å². The summed E-state index contributed by atoms with van der Waals surface area (Å²) in [5, 5.41) is 8.88. The van der Waals surface area contributed by atoms with Crippen LogP contribution >= 0.6 is 0 Å². The van der Waals surface area contributed by atoms with Crippen LogP contribution in [0.1, 0.15) is 45.0 Å². The van der Waals surface area contributed by atoms with Crippen LogP contribution < -0.4 is 10.5 Å². The zero-order valence-electron chi connectivity index (χ0n) is 14.0. The number of nitrogens with one attached hydrogen (secondary N) is 1. The maximum absolute atomic E-state index is 12.4. The molecule has 0 atom stereocenters. The molecule has 1 aromatic heterocycles. The first kappa shape index (κ1) is 16.3. The summed E-state index contributed by atoms with van der Waals surface area (Å²) >= 11 is 0. The molecule has 0 fully saturated rings. The normalized spacial score (nSPS) is 11.7. The number of Topliss-reactive ketones (excluding diaryl/α,β-unsaturated/α-hetero) is 1. The second-order valence-corrected chi connectivity index (χ2v) is 6.46. The standard InChI is InChI=1S/C18H24N2O2/c1-6-20(7-2)13-9-8-12-10-14(16(21)18(3,4)5)17(19)22-15(12)11-13/h8-11,19H,6-7H2,1-5H3. The predicted octanol–water partition coefficient (Wildman–Crippen LogP) is 3.99. The van der Waals surface area contributed by atoms with Crippen LogP contribution in [0.25, 0.3) is 11.0 Å². The van der Waals surface area contributed by atoms with Crippen molar-refractivity contribution in [2.75, 3.05) is 18.0 Å². The molecule has 0 unspecified atom stereocenters. The van der Waals surface area contributed by atoms with Crippen molar-refractivity contribution in [1.29, 1.82) is 5.41 Å². The molecule has 0 aliphatic carbocycles. The Bertz CT molecular complexity index is 750. The monoisotopic (exact) mass is 300 g/mol. The van der Waals surface area contributed by atoms with Crippen LogP contribution in [-0.4, -0.2) is 18.9 Å². The lowest BCUT2D eigenvalue weighted by atomic mass is 9.87. The van der Waals surface area contributed by atoms with Gasteiger partial charge in [0, 0.05) is 35.6 Å². The Labute approximate surface area is 131 Å².